The van der Waals surface area contributed by atoms with Crippen molar-refractivity contribution >= 4 is 47.6 Å². The van der Waals surface area contributed by atoms with E-state index in [2.05, 4.69) is 121 Å². The minimum Gasteiger partial charge on any atom is -0.659 e. The molecule has 0 amide bonds. The molecular weight excluding hydrogens is 1090 g/mol. The van der Waals surface area contributed by atoms with Crippen LogP contribution in [0.5, 0.6) is 0 Å². The third kappa shape index (κ3) is 10.8. The van der Waals surface area contributed by atoms with Crippen molar-refractivity contribution in [3.63, 3.8) is 0 Å². The van der Waals surface area contributed by atoms with Gasteiger partial charge in [-0.15, -0.1) is 45.6 Å². The summed E-state index contributed by atoms with van der Waals surface area (Å²) in [5.74, 6) is 0. The molecule has 364 valence electrons. The van der Waals surface area contributed by atoms with Crippen LogP contribution in [-0.2, 0) is 56.4 Å². The van der Waals surface area contributed by atoms with Crippen LogP contribution in [0.1, 0.15) is 81.7 Å². The average molecular weight is 1140 g/mol. The molecule has 0 fully saturated rings. The first kappa shape index (κ1) is 51.8. The molecular formula is C62H50N8OPd2. The number of aromatic nitrogens is 4. The van der Waals surface area contributed by atoms with Gasteiger partial charge in [0.1, 0.15) is 0 Å². The molecule has 0 radical (unpaired) electrons. The van der Waals surface area contributed by atoms with E-state index in [1.165, 1.54) is 0 Å². The molecule has 0 saturated heterocycles. The van der Waals surface area contributed by atoms with Gasteiger partial charge in [-0.3, -0.25) is 20.0 Å². The van der Waals surface area contributed by atoms with Crippen LogP contribution < -0.4 is 19.9 Å². The Bertz CT molecular complexity index is 2990. The molecule has 1 aliphatic heterocycles. The zero-order valence-corrected chi connectivity index (χ0v) is 43.2. The molecule has 8 bridgehead atoms. The Morgan fingerprint density at radius 3 is 0.726 bits per heavy atom. The van der Waals surface area contributed by atoms with Crippen LogP contribution >= 0.6 is 0 Å². The number of ether oxygens (including phenoxy) is 1. The zero-order chi connectivity index (χ0) is 48.3. The van der Waals surface area contributed by atoms with Crippen LogP contribution in [0.15, 0.2) is 238 Å². The first-order valence-electron chi connectivity index (χ1n) is 23.8. The first-order valence-corrected chi connectivity index (χ1v) is 23.8. The SMILES string of the molecule is C1=Nc2ccccc2N=Cc2ccc([n-]2)C(c2ccccc2)(c2ccccc2)c2ccc([n-]2)C=Nc2ccccc2N=Cc2ccc([n-]2)C(c2ccccc2)(c2ccccc2)c2ccc1[n-]2.CCOCC.[Pd+2].[Pd+2]. The second-order valence-electron chi connectivity index (χ2n) is 16.8. The van der Waals surface area contributed by atoms with Crippen LogP contribution in [0.2, 0.25) is 0 Å². The van der Waals surface area contributed by atoms with Crippen molar-refractivity contribution in [2.45, 2.75) is 24.7 Å². The predicted octanol–water partition coefficient (Wildman–Crippen LogP) is 12.6. The Morgan fingerprint density at radius 2 is 0.521 bits per heavy atom. The summed E-state index contributed by atoms with van der Waals surface area (Å²) < 4.78 is 4.83. The third-order valence-corrected chi connectivity index (χ3v) is 12.5. The summed E-state index contributed by atoms with van der Waals surface area (Å²) in [7, 11) is 0. The van der Waals surface area contributed by atoms with E-state index in [1.54, 1.807) is 24.9 Å². The summed E-state index contributed by atoms with van der Waals surface area (Å²) in [5.41, 5.74) is 11.3. The average Bonchev–Trinajstić information content (AvgIpc) is 4.29. The summed E-state index contributed by atoms with van der Waals surface area (Å²) >= 11 is 0. The topological polar surface area (TPSA) is 115 Å². The second-order valence-corrected chi connectivity index (χ2v) is 16.8. The van der Waals surface area contributed by atoms with Crippen molar-refractivity contribution in [3.05, 3.63) is 286 Å². The van der Waals surface area contributed by atoms with E-state index >= 15 is 0 Å². The Hall–Kier alpha value is -7.60. The molecule has 9 nitrogen and oxygen atoms in total. The van der Waals surface area contributed by atoms with Crippen molar-refractivity contribution in [2.24, 2.45) is 20.0 Å². The Kier molecular flexibility index (Phi) is 17.2. The van der Waals surface area contributed by atoms with Gasteiger partial charge in [-0.1, -0.05) is 194 Å². The molecule has 0 saturated carbocycles. The first-order chi connectivity index (χ1) is 35.1. The monoisotopic (exact) mass is 1130 g/mol. The molecule has 5 heterocycles. The maximum Gasteiger partial charge on any atom is 2.00 e. The zero-order valence-electron chi connectivity index (χ0n) is 40.1. The van der Waals surface area contributed by atoms with E-state index in [-0.39, 0.29) is 40.8 Å². The maximum absolute atomic E-state index is 5.29. The number of benzene rings is 6. The van der Waals surface area contributed by atoms with E-state index < -0.39 is 10.8 Å². The Labute approximate surface area is 454 Å². The molecule has 11 rings (SSSR count). The minimum absolute atomic E-state index is 0. The number of para-hydroxylation sites is 4. The number of fused-ring (bicyclic) bond motifs is 10. The normalized spacial score (nSPS) is 13.3. The minimum atomic E-state index is -0.856. The Morgan fingerprint density at radius 1 is 0.301 bits per heavy atom. The molecule has 0 aliphatic carbocycles. The molecule has 0 atom stereocenters. The van der Waals surface area contributed by atoms with Crippen molar-refractivity contribution in [1.82, 2.24) is 19.9 Å². The standard InChI is InChI=1S/C58H40N8.C4H10O.2Pd/c1-5-17-41(18-6-1)57(42-19-7-2-8-20-42)53-33-29-45(63-53)37-59-49-25-13-15-27-51(49)61-39-47-31-35-55(65-47)58(43-21-9-3-10-22-43,44-23-11-4-12-24-44)56-36-32-48(66-56)40-62-52-28-16-14-26-50(52)60-38-46-30-34-54(57)64-46;1-3-5-4-2;;/h1-40H;3-4H2,1-2H3;;/q-4;;2*+2. The largest absolute Gasteiger partial charge is 2.00 e. The van der Waals surface area contributed by atoms with E-state index in [0.29, 0.717) is 45.5 Å². The van der Waals surface area contributed by atoms with Crippen LogP contribution in [0.4, 0.5) is 22.7 Å². The van der Waals surface area contributed by atoms with Gasteiger partial charge in [0.2, 0.25) is 0 Å². The predicted molar refractivity (Wildman–Crippen MR) is 287 cm³/mol. The summed E-state index contributed by atoms with van der Waals surface area (Å²) in [6.07, 6.45) is 7.19. The molecule has 73 heavy (non-hydrogen) atoms. The van der Waals surface area contributed by atoms with Gasteiger partial charge in [-0.05, 0) is 60.4 Å². The molecule has 4 aromatic heterocycles. The number of aliphatic imine (C=N–C) groups is 4. The van der Waals surface area contributed by atoms with Crippen LogP contribution in [0.3, 0.4) is 0 Å². The van der Waals surface area contributed by atoms with E-state index in [0.717, 1.165) is 58.2 Å². The Balaban J connectivity index is 0.000000970. The summed E-state index contributed by atoms with van der Waals surface area (Å²) in [5, 5.41) is 0. The number of rotatable bonds is 6. The molecule has 1 aliphatic rings. The quantitative estimate of drug-likeness (QED) is 0.154. The molecule has 0 N–H and O–H groups in total. The van der Waals surface area contributed by atoms with Crippen LogP contribution in [0, 0.1) is 0 Å². The van der Waals surface area contributed by atoms with E-state index in [1.807, 2.05) is 111 Å². The van der Waals surface area contributed by atoms with Crippen molar-refractivity contribution in [1.29, 1.82) is 0 Å². The summed E-state index contributed by atoms with van der Waals surface area (Å²) in [6, 6.07) is 73.6. The van der Waals surface area contributed by atoms with Crippen molar-refractivity contribution in [2.75, 3.05) is 13.2 Å². The van der Waals surface area contributed by atoms with Gasteiger partial charge in [0.25, 0.3) is 0 Å². The van der Waals surface area contributed by atoms with Crippen molar-refractivity contribution in [3.8, 4) is 0 Å². The number of nitrogens with zero attached hydrogens (tertiary/aromatic N) is 8. The summed E-state index contributed by atoms with van der Waals surface area (Å²) in [4.78, 5) is 41.0. The van der Waals surface area contributed by atoms with Gasteiger partial charge in [0.15, 0.2) is 0 Å². The van der Waals surface area contributed by atoms with Gasteiger partial charge in [-0.25, -0.2) is 0 Å². The van der Waals surface area contributed by atoms with Gasteiger partial charge in [0.05, 0.1) is 22.7 Å². The van der Waals surface area contributed by atoms with E-state index in [4.69, 9.17) is 44.6 Å². The second kappa shape index (κ2) is 24.2. The van der Waals surface area contributed by atoms with Crippen LogP contribution in [-0.4, -0.2) is 38.1 Å². The van der Waals surface area contributed by atoms with Gasteiger partial charge in [-0.2, -0.15) is 0 Å². The molecule has 6 aromatic carbocycles. The molecule has 0 unspecified atom stereocenters. The van der Waals surface area contributed by atoms with Gasteiger partial charge in [0, 0.05) is 48.9 Å². The fourth-order valence-corrected chi connectivity index (χ4v) is 9.28. The number of hydrogen-bond donors (Lipinski definition) is 0. The van der Waals surface area contributed by atoms with Gasteiger partial charge >= 0.3 is 40.8 Å². The van der Waals surface area contributed by atoms with Crippen molar-refractivity contribution < 1.29 is 45.6 Å². The summed E-state index contributed by atoms with van der Waals surface area (Å²) in [6.45, 7) is 5.67. The van der Waals surface area contributed by atoms with E-state index in [9.17, 15) is 0 Å². The molecule has 11 heteroatoms. The maximum atomic E-state index is 5.29. The third-order valence-electron chi connectivity index (χ3n) is 12.5. The molecule has 0 spiro atoms. The fourth-order valence-electron chi connectivity index (χ4n) is 9.28. The smallest absolute Gasteiger partial charge is 0.659 e. The van der Waals surface area contributed by atoms with Crippen LogP contribution in [0.25, 0.3) is 0 Å². The van der Waals surface area contributed by atoms with Gasteiger partial charge < -0.3 is 24.7 Å². The number of hydrogen-bond acceptors (Lipinski definition) is 5. The molecule has 10 aromatic rings. The fraction of sp³-hybridized carbons (Fsp3) is 0.0968.